The third-order valence-corrected chi connectivity index (χ3v) is 5.00. The van der Waals surface area contributed by atoms with Gasteiger partial charge >= 0.3 is 0 Å². The van der Waals surface area contributed by atoms with Crippen molar-refractivity contribution in [1.82, 2.24) is 29.8 Å². The lowest BCUT2D eigenvalue weighted by molar-refractivity contribution is 0.0889. The van der Waals surface area contributed by atoms with E-state index in [0.29, 0.717) is 18.3 Å². The van der Waals surface area contributed by atoms with Gasteiger partial charge in [-0.2, -0.15) is 10.2 Å². The van der Waals surface area contributed by atoms with Gasteiger partial charge in [0.1, 0.15) is 12.4 Å². The van der Waals surface area contributed by atoms with Crippen LogP contribution in [0.3, 0.4) is 0 Å². The molecule has 8 heteroatoms. The molecule has 1 aliphatic carbocycles. The zero-order valence-electron chi connectivity index (χ0n) is 14.7. The number of hydrogen-bond donors (Lipinski definition) is 1. The Labute approximate surface area is 156 Å². The van der Waals surface area contributed by atoms with Crippen molar-refractivity contribution >= 4 is 21.8 Å². The fourth-order valence-electron chi connectivity index (χ4n) is 3.45. The molecule has 0 bridgehead atoms. The van der Waals surface area contributed by atoms with Gasteiger partial charge in [-0.25, -0.2) is 4.68 Å². The molecule has 7 nitrogen and oxygen atoms in total. The second-order valence-corrected chi connectivity index (χ2v) is 7.88. The van der Waals surface area contributed by atoms with E-state index in [1.165, 1.54) is 19.3 Å². The van der Waals surface area contributed by atoms with Crippen molar-refractivity contribution in [3.63, 3.8) is 0 Å². The summed E-state index contributed by atoms with van der Waals surface area (Å²) < 4.78 is 4.39. The van der Waals surface area contributed by atoms with Crippen LogP contribution in [-0.2, 0) is 6.67 Å². The molecule has 136 valence electrons. The number of carbonyl (C=O) groups is 1. The summed E-state index contributed by atoms with van der Waals surface area (Å²) in [5, 5.41) is 11.8. The van der Waals surface area contributed by atoms with E-state index in [1.807, 2.05) is 12.4 Å². The van der Waals surface area contributed by atoms with Crippen molar-refractivity contribution < 1.29 is 4.79 Å². The van der Waals surface area contributed by atoms with Crippen molar-refractivity contribution in [1.29, 1.82) is 0 Å². The lowest BCUT2D eigenvalue weighted by Crippen LogP contribution is -2.45. The van der Waals surface area contributed by atoms with Gasteiger partial charge in [0.15, 0.2) is 0 Å². The van der Waals surface area contributed by atoms with Crippen LogP contribution < -0.4 is 5.32 Å². The number of nitrogens with zero attached hydrogens (tertiary/aromatic N) is 5. The summed E-state index contributed by atoms with van der Waals surface area (Å²) in [7, 11) is 4.17. The number of hydrogen-bond acceptors (Lipinski definition) is 4. The smallest absolute Gasteiger partial charge is 0.272 e. The van der Waals surface area contributed by atoms with Crippen LogP contribution in [0.2, 0.25) is 0 Å². The quantitative estimate of drug-likeness (QED) is 0.795. The van der Waals surface area contributed by atoms with Crippen LogP contribution in [-0.4, -0.2) is 57.1 Å². The molecule has 1 saturated carbocycles. The molecule has 2 heterocycles. The number of carbonyl (C=O) groups excluding carboxylic acids is 1. The van der Waals surface area contributed by atoms with E-state index in [9.17, 15) is 4.79 Å². The predicted octanol–water partition coefficient (Wildman–Crippen LogP) is 2.20. The van der Waals surface area contributed by atoms with Gasteiger partial charge < -0.3 is 10.2 Å². The fraction of sp³-hybridized carbons (Fsp3) is 0.588. The SMILES string of the molecule is CN(C)CC1CCCCC1NC(=O)c1ccn(Cn2cc(Br)cn2)n1. The predicted molar refractivity (Wildman–Crippen MR) is 99.3 cm³/mol. The van der Waals surface area contributed by atoms with Gasteiger partial charge in [0.05, 0.1) is 10.7 Å². The molecular formula is C17H25BrN6O. The van der Waals surface area contributed by atoms with Crippen molar-refractivity contribution in [2.24, 2.45) is 5.92 Å². The molecule has 0 radical (unpaired) electrons. The second-order valence-electron chi connectivity index (χ2n) is 6.97. The molecule has 1 fully saturated rings. The number of rotatable bonds is 6. The Morgan fingerprint density at radius 1 is 1.36 bits per heavy atom. The maximum atomic E-state index is 12.6. The monoisotopic (exact) mass is 408 g/mol. The van der Waals surface area contributed by atoms with E-state index in [-0.39, 0.29) is 11.9 Å². The minimum Gasteiger partial charge on any atom is -0.348 e. The highest BCUT2D eigenvalue weighted by atomic mass is 79.9. The van der Waals surface area contributed by atoms with Crippen LogP contribution in [0.4, 0.5) is 0 Å². The van der Waals surface area contributed by atoms with Crippen molar-refractivity contribution in [3.05, 3.63) is 34.8 Å². The molecule has 0 spiro atoms. The molecule has 0 saturated heterocycles. The Bertz CT molecular complexity index is 710. The van der Waals surface area contributed by atoms with E-state index < -0.39 is 0 Å². The Balaban J connectivity index is 1.60. The number of aromatic nitrogens is 4. The van der Waals surface area contributed by atoms with E-state index >= 15 is 0 Å². The van der Waals surface area contributed by atoms with E-state index in [0.717, 1.165) is 17.4 Å². The van der Waals surface area contributed by atoms with Crippen molar-refractivity contribution in [2.75, 3.05) is 20.6 Å². The molecule has 1 aliphatic rings. The summed E-state index contributed by atoms with van der Waals surface area (Å²) in [4.78, 5) is 14.8. The molecule has 25 heavy (non-hydrogen) atoms. The first-order valence-electron chi connectivity index (χ1n) is 8.68. The van der Waals surface area contributed by atoms with Gasteiger partial charge in [-0.15, -0.1) is 0 Å². The van der Waals surface area contributed by atoms with Gasteiger partial charge in [-0.05, 0) is 54.9 Å². The number of nitrogens with one attached hydrogen (secondary N) is 1. The Hall–Kier alpha value is -1.67. The van der Waals surface area contributed by atoms with Gasteiger partial charge in [-0.3, -0.25) is 9.48 Å². The standard InChI is InChI=1S/C17H25BrN6O/c1-22(2)10-13-5-3-4-6-15(13)20-17(25)16-7-8-23(21-16)12-24-11-14(18)9-19-24/h7-9,11,13,15H,3-6,10,12H2,1-2H3,(H,20,25). The Morgan fingerprint density at radius 2 is 2.16 bits per heavy atom. The van der Waals surface area contributed by atoms with Gasteiger partial charge in [0.2, 0.25) is 0 Å². The van der Waals surface area contributed by atoms with Gasteiger partial charge in [0, 0.05) is 25.0 Å². The molecule has 2 unspecified atom stereocenters. The first-order valence-corrected chi connectivity index (χ1v) is 9.47. The largest absolute Gasteiger partial charge is 0.348 e. The van der Waals surface area contributed by atoms with E-state index in [2.05, 4.69) is 50.4 Å². The minimum atomic E-state index is -0.0870. The Morgan fingerprint density at radius 3 is 2.88 bits per heavy atom. The third kappa shape index (κ3) is 4.92. The van der Waals surface area contributed by atoms with Gasteiger partial charge in [0.25, 0.3) is 5.91 Å². The molecule has 2 aromatic heterocycles. The average molecular weight is 409 g/mol. The highest BCUT2D eigenvalue weighted by molar-refractivity contribution is 9.10. The molecule has 0 aliphatic heterocycles. The van der Waals surface area contributed by atoms with Crippen LogP contribution in [0.5, 0.6) is 0 Å². The summed E-state index contributed by atoms with van der Waals surface area (Å²) in [6.07, 6.45) is 10.1. The molecule has 0 aromatic carbocycles. The van der Waals surface area contributed by atoms with E-state index in [1.54, 1.807) is 21.6 Å². The minimum absolute atomic E-state index is 0.0870. The molecular weight excluding hydrogens is 384 g/mol. The topological polar surface area (TPSA) is 68.0 Å². The van der Waals surface area contributed by atoms with Gasteiger partial charge in [-0.1, -0.05) is 12.8 Å². The normalized spacial score (nSPS) is 20.8. The van der Waals surface area contributed by atoms with Crippen molar-refractivity contribution in [2.45, 2.75) is 38.4 Å². The molecule has 1 N–H and O–H groups in total. The summed E-state index contributed by atoms with van der Waals surface area (Å²) in [5.41, 5.74) is 0.459. The lowest BCUT2D eigenvalue weighted by atomic mass is 9.84. The molecule has 1 amide bonds. The first kappa shape index (κ1) is 18.1. The van der Waals surface area contributed by atoms with Crippen LogP contribution >= 0.6 is 15.9 Å². The maximum absolute atomic E-state index is 12.6. The fourth-order valence-corrected chi connectivity index (χ4v) is 3.78. The second kappa shape index (κ2) is 8.14. The van der Waals surface area contributed by atoms with Crippen LogP contribution in [0.15, 0.2) is 29.1 Å². The molecule has 3 rings (SSSR count). The molecule has 2 atom stereocenters. The zero-order valence-corrected chi connectivity index (χ0v) is 16.3. The summed E-state index contributed by atoms with van der Waals surface area (Å²) in [6, 6.07) is 1.99. The number of halogens is 1. The van der Waals surface area contributed by atoms with E-state index in [4.69, 9.17) is 0 Å². The Kier molecular flexibility index (Phi) is 5.90. The zero-order chi connectivity index (χ0) is 17.8. The lowest BCUT2D eigenvalue weighted by Gasteiger charge is -2.33. The first-order chi connectivity index (χ1) is 12.0. The highest BCUT2D eigenvalue weighted by Gasteiger charge is 2.27. The van der Waals surface area contributed by atoms with Crippen LogP contribution in [0, 0.1) is 5.92 Å². The highest BCUT2D eigenvalue weighted by Crippen LogP contribution is 2.25. The summed E-state index contributed by atoms with van der Waals surface area (Å²) >= 11 is 3.37. The maximum Gasteiger partial charge on any atom is 0.272 e. The van der Waals surface area contributed by atoms with Crippen LogP contribution in [0.1, 0.15) is 36.2 Å². The number of amides is 1. The average Bonchev–Trinajstić information content (AvgIpc) is 3.18. The summed E-state index contributed by atoms with van der Waals surface area (Å²) in [5.74, 6) is 0.423. The third-order valence-electron chi connectivity index (χ3n) is 4.59. The van der Waals surface area contributed by atoms with Crippen molar-refractivity contribution in [3.8, 4) is 0 Å². The molecule has 2 aromatic rings. The van der Waals surface area contributed by atoms with Crippen LogP contribution in [0.25, 0.3) is 0 Å². The summed E-state index contributed by atoms with van der Waals surface area (Å²) in [6.45, 7) is 1.49.